The van der Waals surface area contributed by atoms with Gasteiger partial charge in [0, 0.05) is 24.1 Å². The molecule has 0 bridgehead atoms. The zero-order chi connectivity index (χ0) is 14.7. The molecule has 3 rings (SSSR count). The Morgan fingerprint density at radius 3 is 2.90 bits per heavy atom. The van der Waals surface area contributed by atoms with E-state index in [2.05, 4.69) is 21.2 Å². The Morgan fingerprint density at radius 1 is 1.29 bits per heavy atom. The number of hydrogen-bond donors (Lipinski definition) is 1. The number of carbonyl (C=O) groups excluding carboxylic acids is 1. The van der Waals surface area contributed by atoms with Crippen LogP contribution < -0.4 is 5.32 Å². The number of rotatable bonds is 2. The van der Waals surface area contributed by atoms with E-state index in [1.54, 1.807) is 0 Å². The Balaban J connectivity index is 1.68. The highest BCUT2D eigenvalue weighted by Crippen LogP contribution is 2.28. The van der Waals surface area contributed by atoms with Crippen molar-refractivity contribution in [1.82, 2.24) is 10.2 Å². The maximum absolute atomic E-state index is 12.5. The minimum Gasteiger partial charge on any atom is -0.370 e. The quantitative estimate of drug-likeness (QED) is 0.870. The maximum atomic E-state index is 12.5. The van der Waals surface area contributed by atoms with Gasteiger partial charge in [-0.25, -0.2) is 0 Å². The van der Waals surface area contributed by atoms with Gasteiger partial charge in [0.15, 0.2) is 0 Å². The van der Waals surface area contributed by atoms with Crippen molar-refractivity contribution in [2.24, 2.45) is 0 Å². The Bertz CT molecular complexity index is 505. The molecule has 2 saturated heterocycles. The molecule has 5 nitrogen and oxygen atoms in total. The van der Waals surface area contributed by atoms with Crippen molar-refractivity contribution in [2.75, 3.05) is 39.4 Å². The van der Waals surface area contributed by atoms with E-state index in [9.17, 15) is 4.79 Å². The molecule has 0 spiro atoms. The van der Waals surface area contributed by atoms with Crippen LogP contribution in [0.2, 0.25) is 0 Å². The highest BCUT2D eigenvalue weighted by atomic mass is 79.9. The van der Waals surface area contributed by atoms with Gasteiger partial charge >= 0.3 is 0 Å². The zero-order valence-corrected chi connectivity index (χ0v) is 13.3. The standard InChI is InChI=1S/C15H19BrN2O3/c16-12-4-2-1-3-11(12)14-10-18(6-8-21-14)15(19)13-9-17-5-7-20-13/h1-4,13-14,17H,5-10H2/t13-,14+/m0/s1. The lowest BCUT2D eigenvalue weighted by Crippen LogP contribution is -2.52. The van der Waals surface area contributed by atoms with Crippen molar-refractivity contribution < 1.29 is 14.3 Å². The summed E-state index contributed by atoms with van der Waals surface area (Å²) in [4.78, 5) is 14.4. The lowest BCUT2D eigenvalue weighted by molar-refractivity contribution is -0.152. The van der Waals surface area contributed by atoms with E-state index in [0.717, 1.165) is 16.6 Å². The minimum atomic E-state index is -0.364. The Kier molecular flexibility index (Phi) is 4.90. The van der Waals surface area contributed by atoms with Crippen LogP contribution in [0, 0.1) is 0 Å². The van der Waals surface area contributed by atoms with E-state index in [4.69, 9.17) is 9.47 Å². The smallest absolute Gasteiger partial charge is 0.253 e. The van der Waals surface area contributed by atoms with E-state index in [1.165, 1.54) is 0 Å². The number of ether oxygens (including phenoxy) is 2. The number of nitrogens with zero attached hydrogens (tertiary/aromatic N) is 1. The van der Waals surface area contributed by atoms with E-state index in [0.29, 0.717) is 32.8 Å². The van der Waals surface area contributed by atoms with Crippen LogP contribution in [0.1, 0.15) is 11.7 Å². The van der Waals surface area contributed by atoms with Crippen LogP contribution in [-0.4, -0.2) is 56.3 Å². The molecule has 2 aliphatic rings. The van der Waals surface area contributed by atoms with Crippen molar-refractivity contribution in [3.8, 4) is 0 Å². The fourth-order valence-corrected chi connectivity index (χ4v) is 3.24. The molecule has 2 atom stereocenters. The van der Waals surface area contributed by atoms with Gasteiger partial charge in [-0.3, -0.25) is 4.79 Å². The maximum Gasteiger partial charge on any atom is 0.253 e. The third kappa shape index (κ3) is 3.45. The number of hydrogen-bond acceptors (Lipinski definition) is 4. The molecule has 0 unspecified atom stereocenters. The predicted molar refractivity (Wildman–Crippen MR) is 82.0 cm³/mol. The van der Waals surface area contributed by atoms with Crippen LogP contribution in [-0.2, 0) is 14.3 Å². The summed E-state index contributed by atoms with van der Waals surface area (Å²) in [5.74, 6) is 0.0579. The first-order valence-electron chi connectivity index (χ1n) is 7.23. The number of carbonyl (C=O) groups is 1. The molecule has 1 amide bonds. The molecule has 6 heteroatoms. The van der Waals surface area contributed by atoms with Gasteiger partial charge in [0.05, 0.1) is 19.8 Å². The second-order valence-corrected chi connectivity index (χ2v) is 6.08. The third-order valence-corrected chi connectivity index (χ3v) is 4.56. The molecule has 0 aromatic heterocycles. The topological polar surface area (TPSA) is 50.8 Å². The van der Waals surface area contributed by atoms with Gasteiger partial charge in [-0.05, 0) is 11.6 Å². The zero-order valence-electron chi connectivity index (χ0n) is 11.8. The molecular weight excluding hydrogens is 336 g/mol. The van der Waals surface area contributed by atoms with Gasteiger partial charge in [-0.15, -0.1) is 0 Å². The lowest BCUT2D eigenvalue weighted by Gasteiger charge is -2.36. The monoisotopic (exact) mass is 354 g/mol. The van der Waals surface area contributed by atoms with Crippen LogP contribution >= 0.6 is 15.9 Å². The summed E-state index contributed by atoms with van der Waals surface area (Å²) in [6.45, 7) is 3.75. The lowest BCUT2D eigenvalue weighted by atomic mass is 10.1. The summed E-state index contributed by atoms with van der Waals surface area (Å²) < 4.78 is 12.4. The first kappa shape index (κ1) is 15.0. The molecule has 114 valence electrons. The van der Waals surface area contributed by atoms with Gasteiger partial charge in [0.2, 0.25) is 0 Å². The van der Waals surface area contributed by atoms with Gasteiger partial charge in [-0.2, -0.15) is 0 Å². The van der Waals surface area contributed by atoms with Crippen molar-refractivity contribution in [2.45, 2.75) is 12.2 Å². The average molecular weight is 355 g/mol. The van der Waals surface area contributed by atoms with Crippen LogP contribution in [0.25, 0.3) is 0 Å². The van der Waals surface area contributed by atoms with Crippen LogP contribution in [0.4, 0.5) is 0 Å². The SMILES string of the molecule is O=C([C@@H]1CNCCO1)N1CCO[C@@H](c2ccccc2Br)C1. The van der Waals surface area contributed by atoms with Crippen molar-refractivity contribution in [3.63, 3.8) is 0 Å². The number of halogens is 1. The number of amides is 1. The van der Waals surface area contributed by atoms with Crippen molar-refractivity contribution >= 4 is 21.8 Å². The summed E-state index contributed by atoms with van der Waals surface area (Å²) in [5, 5.41) is 3.20. The minimum absolute atomic E-state index is 0.0579. The van der Waals surface area contributed by atoms with Crippen LogP contribution in [0.5, 0.6) is 0 Å². The second-order valence-electron chi connectivity index (χ2n) is 5.23. The molecular formula is C15H19BrN2O3. The molecule has 0 radical (unpaired) electrons. The molecule has 1 N–H and O–H groups in total. The van der Waals surface area contributed by atoms with E-state index >= 15 is 0 Å². The Morgan fingerprint density at radius 2 is 2.14 bits per heavy atom. The summed E-state index contributed by atoms with van der Waals surface area (Å²) >= 11 is 3.55. The van der Waals surface area contributed by atoms with Gasteiger partial charge < -0.3 is 19.7 Å². The number of morpholine rings is 2. The fraction of sp³-hybridized carbons (Fsp3) is 0.533. The molecule has 2 aliphatic heterocycles. The molecule has 2 fully saturated rings. The third-order valence-electron chi connectivity index (χ3n) is 3.83. The normalized spacial score (nSPS) is 26.6. The van der Waals surface area contributed by atoms with Crippen molar-refractivity contribution in [3.05, 3.63) is 34.3 Å². The number of benzene rings is 1. The Labute approximate surface area is 132 Å². The predicted octanol–water partition coefficient (Wildman–Crippen LogP) is 1.34. The summed E-state index contributed by atoms with van der Waals surface area (Å²) in [6, 6.07) is 7.98. The van der Waals surface area contributed by atoms with Gasteiger partial charge in [0.25, 0.3) is 5.91 Å². The largest absolute Gasteiger partial charge is 0.370 e. The van der Waals surface area contributed by atoms with Gasteiger partial charge in [-0.1, -0.05) is 34.1 Å². The summed E-state index contributed by atoms with van der Waals surface area (Å²) in [6.07, 6.45) is -0.452. The first-order chi connectivity index (χ1) is 10.3. The highest BCUT2D eigenvalue weighted by molar-refractivity contribution is 9.10. The average Bonchev–Trinajstić information content (AvgIpc) is 2.55. The van der Waals surface area contributed by atoms with Crippen LogP contribution in [0.3, 0.4) is 0 Å². The molecule has 1 aromatic rings. The molecule has 1 aromatic carbocycles. The number of nitrogens with one attached hydrogen (secondary N) is 1. The first-order valence-corrected chi connectivity index (χ1v) is 8.02. The van der Waals surface area contributed by atoms with Crippen LogP contribution in [0.15, 0.2) is 28.7 Å². The summed E-state index contributed by atoms with van der Waals surface area (Å²) in [7, 11) is 0. The van der Waals surface area contributed by atoms with E-state index in [-0.39, 0.29) is 18.1 Å². The summed E-state index contributed by atoms with van der Waals surface area (Å²) in [5.41, 5.74) is 1.08. The molecule has 0 aliphatic carbocycles. The van der Waals surface area contributed by atoms with E-state index in [1.807, 2.05) is 29.2 Å². The second kappa shape index (κ2) is 6.87. The molecule has 0 saturated carbocycles. The van der Waals surface area contributed by atoms with Gasteiger partial charge in [0.1, 0.15) is 12.2 Å². The fourth-order valence-electron chi connectivity index (χ4n) is 2.70. The molecule has 21 heavy (non-hydrogen) atoms. The Hall–Kier alpha value is -0.950. The highest BCUT2D eigenvalue weighted by Gasteiger charge is 2.31. The molecule has 2 heterocycles. The van der Waals surface area contributed by atoms with Crippen molar-refractivity contribution in [1.29, 1.82) is 0 Å². The van der Waals surface area contributed by atoms with E-state index < -0.39 is 0 Å².